The molecule has 1 aromatic heterocycles. The molecule has 0 radical (unpaired) electrons. The minimum atomic E-state index is 0.845. The fraction of sp³-hybridized carbons (Fsp3) is 0.357. The lowest BCUT2D eigenvalue weighted by Crippen LogP contribution is -2.11. The summed E-state index contributed by atoms with van der Waals surface area (Å²) in [5.74, 6) is 0.875. The van der Waals surface area contributed by atoms with Gasteiger partial charge in [-0.05, 0) is 37.7 Å². The Morgan fingerprint density at radius 2 is 2.00 bits per heavy atom. The van der Waals surface area contributed by atoms with Crippen LogP contribution in [0.15, 0.2) is 24.3 Å². The molecule has 4 heteroatoms. The maximum Gasteiger partial charge on any atom is 0.118 e. The van der Waals surface area contributed by atoms with Gasteiger partial charge in [-0.25, -0.2) is 4.98 Å². The molecule has 2 rings (SSSR count). The molecule has 0 saturated carbocycles. The Hall–Kier alpha value is -1.39. The lowest BCUT2D eigenvalue weighted by Gasteiger charge is -2.01. The van der Waals surface area contributed by atoms with Crippen molar-refractivity contribution in [1.82, 2.24) is 10.3 Å². The average Bonchev–Trinajstić information content (AvgIpc) is 2.78. The van der Waals surface area contributed by atoms with Gasteiger partial charge in [-0.3, -0.25) is 0 Å². The smallest absolute Gasteiger partial charge is 0.118 e. The second-order valence-corrected chi connectivity index (χ2v) is 5.31. The lowest BCUT2D eigenvalue weighted by atomic mass is 10.1. The first-order valence-electron chi connectivity index (χ1n) is 6.06. The molecule has 0 amide bonds. The van der Waals surface area contributed by atoms with Crippen LogP contribution in [0.3, 0.4) is 0 Å². The number of thiazole rings is 1. The number of aryl methyl sites for hydroxylation is 1. The van der Waals surface area contributed by atoms with Crippen LogP contribution in [0.2, 0.25) is 0 Å². The van der Waals surface area contributed by atoms with Crippen molar-refractivity contribution in [3.05, 3.63) is 34.2 Å². The van der Waals surface area contributed by atoms with Crippen molar-refractivity contribution >= 4 is 11.3 Å². The summed E-state index contributed by atoms with van der Waals surface area (Å²) in [4.78, 5) is 5.95. The molecule has 18 heavy (non-hydrogen) atoms. The fourth-order valence-corrected chi connectivity index (χ4v) is 2.70. The van der Waals surface area contributed by atoms with Crippen molar-refractivity contribution in [1.29, 1.82) is 0 Å². The molecule has 1 heterocycles. The van der Waals surface area contributed by atoms with Gasteiger partial charge in [0.1, 0.15) is 10.8 Å². The summed E-state index contributed by atoms with van der Waals surface area (Å²) < 4.78 is 5.17. The zero-order valence-corrected chi connectivity index (χ0v) is 11.8. The Morgan fingerprint density at radius 3 is 2.61 bits per heavy atom. The van der Waals surface area contributed by atoms with Crippen LogP contribution in [-0.2, 0) is 6.54 Å². The zero-order chi connectivity index (χ0) is 13.0. The van der Waals surface area contributed by atoms with Crippen LogP contribution in [0.4, 0.5) is 0 Å². The summed E-state index contributed by atoms with van der Waals surface area (Å²) >= 11 is 1.75. The average molecular weight is 262 g/mol. The normalized spacial score (nSPS) is 10.6. The van der Waals surface area contributed by atoms with Crippen LogP contribution < -0.4 is 10.1 Å². The molecule has 3 nitrogen and oxygen atoms in total. The van der Waals surface area contributed by atoms with Crippen molar-refractivity contribution in [3.8, 4) is 17.0 Å². The van der Waals surface area contributed by atoms with Gasteiger partial charge in [0.2, 0.25) is 0 Å². The molecule has 0 fully saturated rings. The number of nitrogens with one attached hydrogen (secondary N) is 1. The van der Waals surface area contributed by atoms with Gasteiger partial charge >= 0.3 is 0 Å². The Labute approximate surface area is 112 Å². The van der Waals surface area contributed by atoms with Crippen molar-refractivity contribution in [2.75, 3.05) is 13.7 Å². The molecule has 0 atom stereocenters. The van der Waals surface area contributed by atoms with E-state index < -0.39 is 0 Å². The summed E-state index contributed by atoms with van der Waals surface area (Å²) in [6.45, 7) is 6.03. The summed E-state index contributed by atoms with van der Waals surface area (Å²) in [5.41, 5.74) is 2.22. The monoisotopic (exact) mass is 262 g/mol. The highest BCUT2D eigenvalue weighted by atomic mass is 32.1. The predicted octanol–water partition coefficient (Wildman–Crippen LogP) is 3.24. The fourth-order valence-electron chi connectivity index (χ4n) is 1.78. The molecule has 1 aromatic carbocycles. The van der Waals surface area contributed by atoms with E-state index in [4.69, 9.17) is 4.74 Å². The topological polar surface area (TPSA) is 34.2 Å². The molecule has 0 aliphatic carbocycles. The Kier molecular flexibility index (Phi) is 4.33. The van der Waals surface area contributed by atoms with Crippen molar-refractivity contribution in [2.45, 2.75) is 20.4 Å². The number of aromatic nitrogens is 1. The molecule has 0 unspecified atom stereocenters. The highest BCUT2D eigenvalue weighted by Crippen LogP contribution is 2.28. The number of hydrogen-bond donors (Lipinski definition) is 1. The van der Waals surface area contributed by atoms with E-state index in [1.165, 1.54) is 4.88 Å². The van der Waals surface area contributed by atoms with Crippen molar-refractivity contribution < 1.29 is 4.74 Å². The molecule has 0 aliphatic rings. The van der Waals surface area contributed by atoms with E-state index in [0.717, 1.165) is 35.1 Å². The van der Waals surface area contributed by atoms with Crippen molar-refractivity contribution in [2.24, 2.45) is 0 Å². The van der Waals surface area contributed by atoms with E-state index in [9.17, 15) is 0 Å². The van der Waals surface area contributed by atoms with Gasteiger partial charge in [-0.15, -0.1) is 11.3 Å². The van der Waals surface area contributed by atoms with Gasteiger partial charge in [0.25, 0.3) is 0 Å². The number of ether oxygens (including phenoxy) is 1. The minimum Gasteiger partial charge on any atom is -0.497 e. The van der Waals surface area contributed by atoms with Gasteiger partial charge in [-0.1, -0.05) is 6.92 Å². The second-order valence-electron chi connectivity index (χ2n) is 4.02. The van der Waals surface area contributed by atoms with Crippen molar-refractivity contribution in [3.63, 3.8) is 0 Å². The summed E-state index contributed by atoms with van der Waals surface area (Å²) in [6, 6.07) is 8.05. The molecule has 0 aliphatic heterocycles. The number of methoxy groups -OCH3 is 1. The zero-order valence-electron chi connectivity index (χ0n) is 11.0. The molecular weight excluding hydrogens is 244 g/mol. The van der Waals surface area contributed by atoms with E-state index in [-0.39, 0.29) is 0 Å². The summed E-state index contributed by atoms with van der Waals surface area (Å²) in [5, 5.41) is 4.44. The molecule has 2 aromatic rings. The molecular formula is C14H18N2OS. The third-order valence-electron chi connectivity index (χ3n) is 2.73. The van der Waals surface area contributed by atoms with Crippen LogP contribution in [-0.4, -0.2) is 18.6 Å². The van der Waals surface area contributed by atoms with E-state index in [2.05, 4.69) is 36.3 Å². The molecule has 1 N–H and O–H groups in total. The third-order valence-corrected chi connectivity index (χ3v) is 3.70. The Bertz CT molecular complexity index is 505. The first kappa shape index (κ1) is 13.1. The first-order valence-corrected chi connectivity index (χ1v) is 6.87. The van der Waals surface area contributed by atoms with Crippen LogP contribution in [0.1, 0.15) is 16.8 Å². The van der Waals surface area contributed by atoms with Gasteiger partial charge in [0, 0.05) is 17.0 Å². The van der Waals surface area contributed by atoms with Gasteiger partial charge < -0.3 is 10.1 Å². The van der Waals surface area contributed by atoms with E-state index in [0.29, 0.717) is 0 Å². The maximum absolute atomic E-state index is 5.17. The molecule has 0 saturated heterocycles. The predicted molar refractivity (Wildman–Crippen MR) is 76.2 cm³/mol. The second kappa shape index (κ2) is 5.98. The molecule has 0 bridgehead atoms. The number of rotatable bonds is 5. The van der Waals surface area contributed by atoms with E-state index >= 15 is 0 Å². The SMILES string of the molecule is CCNCc1nc(-c2ccc(OC)cc2)c(C)s1. The quantitative estimate of drug-likeness (QED) is 0.898. The third kappa shape index (κ3) is 2.89. The highest BCUT2D eigenvalue weighted by Gasteiger charge is 2.09. The largest absolute Gasteiger partial charge is 0.497 e. The Morgan fingerprint density at radius 1 is 1.28 bits per heavy atom. The van der Waals surface area contributed by atoms with Crippen LogP contribution in [0, 0.1) is 6.92 Å². The number of nitrogens with zero attached hydrogens (tertiary/aromatic N) is 1. The highest BCUT2D eigenvalue weighted by molar-refractivity contribution is 7.12. The minimum absolute atomic E-state index is 0.845. The van der Waals surface area contributed by atoms with Crippen LogP contribution in [0.25, 0.3) is 11.3 Å². The number of hydrogen-bond acceptors (Lipinski definition) is 4. The lowest BCUT2D eigenvalue weighted by molar-refractivity contribution is 0.415. The number of benzene rings is 1. The molecule has 0 spiro atoms. The Balaban J connectivity index is 2.23. The standard InChI is InChI=1S/C14H18N2OS/c1-4-15-9-13-16-14(10(2)18-13)11-5-7-12(17-3)8-6-11/h5-8,15H,4,9H2,1-3H3. The van der Waals surface area contributed by atoms with Gasteiger partial charge in [0.15, 0.2) is 0 Å². The van der Waals surface area contributed by atoms with E-state index in [1.807, 2.05) is 12.1 Å². The van der Waals surface area contributed by atoms with Crippen LogP contribution in [0.5, 0.6) is 5.75 Å². The van der Waals surface area contributed by atoms with Crippen LogP contribution >= 0.6 is 11.3 Å². The first-order chi connectivity index (χ1) is 8.74. The summed E-state index contributed by atoms with van der Waals surface area (Å²) in [6.07, 6.45) is 0. The van der Waals surface area contributed by atoms with Gasteiger partial charge in [0.05, 0.1) is 12.8 Å². The maximum atomic E-state index is 5.17. The van der Waals surface area contributed by atoms with E-state index in [1.54, 1.807) is 18.4 Å². The summed E-state index contributed by atoms with van der Waals surface area (Å²) in [7, 11) is 1.68. The van der Waals surface area contributed by atoms with Gasteiger partial charge in [-0.2, -0.15) is 0 Å². The molecule has 96 valence electrons.